The van der Waals surface area contributed by atoms with Gasteiger partial charge in [0, 0.05) is 6.42 Å². The first-order chi connectivity index (χ1) is 13.2. The van der Waals surface area contributed by atoms with Crippen molar-refractivity contribution >= 4 is 25.5 Å². The van der Waals surface area contributed by atoms with E-state index in [9.17, 15) is 14.4 Å². The first-order valence-corrected chi connectivity index (χ1v) is 10.1. The SMILES string of the molecule is COC(=O)C(CC=O)(CCCCB1OC(C)(C)C(C)(C)O1)NC(=O)OC(C)(C)C. The van der Waals surface area contributed by atoms with Gasteiger partial charge in [0.05, 0.1) is 18.3 Å². The number of rotatable bonds is 9. The highest BCUT2D eigenvalue weighted by Gasteiger charge is 2.50. The highest BCUT2D eigenvalue weighted by molar-refractivity contribution is 6.45. The predicted octanol–water partition coefficient (Wildman–Crippen LogP) is 3.27. The fraction of sp³-hybridized carbons (Fsp3) is 0.850. The first kappa shape index (κ1) is 25.4. The minimum atomic E-state index is -1.46. The maximum atomic E-state index is 12.4. The molecule has 166 valence electrons. The number of carbonyl (C=O) groups excluding carboxylic acids is 3. The summed E-state index contributed by atoms with van der Waals surface area (Å²) in [6, 6.07) is 0. The van der Waals surface area contributed by atoms with Crippen molar-refractivity contribution in [2.75, 3.05) is 7.11 Å². The molecule has 1 N–H and O–H groups in total. The van der Waals surface area contributed by atoms with Crippen molar-refractivity contribution in [1.82, 2.24) is 5.32 Å². The normalized spacial score (nSPS) is 19.9. The van der Waals surface area contributed by atoms with Crippen LogP contribution in [0.2, 0.25) is 6.32 Å². The number of ether oxygens (including phenoxy) is 2. The lowest BCUT2D eigenvalue weighted by Gasteiger charge is -2.32. The Labute approximate surface area is 174 Å². The molecule has 1 aliphatic heterocycles. The van der Waals surface area contributed by atoms with Crippen LogP contribution in [0.4, 0.5) is 4.79 Å². The topological polar surface area (TPSA) is 100 Å². The van der Waals surface area contributed by atoms with Gasteiger partial charge in [-0.1, -0.05) is 12.8 Å². The second kappa shape index (κ2) is 9.47. The van der Waals surface area contributed by atoms with Gasteiger partial charge in [-0.05, 0) is 61.2 Å². The zero-order chi connectivity index (χ0) is 22.5. The molecule has 1 saturated heterocycles. The van der Waals surface area contributed by atoms with Gasteiger partial charge in [-0.2, -0.15) is 0 Å². The number of amides is 1. The molecule has 1 amide bonds. The highest BCUT2D eigenvalue weighted by Crippen LogP contribution is 2.38. The summed E-state index contributed by atoms with van der Waals surface area (Å²) in [6.07, 6.45) is 1.75. The van der Waals surface area contributed by atoms with Gasteiger partial charge in [-0.25, -0.2) is 9.59 Å². The molecule has 1 atom stereocenters. The van der Waals surface area contributed by atoms with E-state index in [-0.39, 0.29) is 20.0 Å². The Morgan fingerprint density at radius 1 is 1.07 bits per heavy atom. The lowest BCUT2D eigenvalue weighted by Crippen LogP contribution is -2.56. The third kappa shape index (κ3) is 6.99. The Morgan fingerprint density at radius 3 is 2.07 bits per heavy atom. The Bertz CT molecular complexity index is 584. The second-order valence-electron chi connectivity index (χ2n) is 9.50. The molecule has 29 heavy (non-hydrogen) atoms. The molecule has 0 radical (unpaired) electrons. The molecule has 1 aliphatic rings. The molecule has 0 aromatic heterocycles. The van der Waals surface area contributed by atoms with Crippen molar-refractivity contribution in [2.45, 2.75) is 103 Å². The van der Waals surface area contributed by atoms with Crippen LogP contribution in [0.1, 0.15) is 74.1 Å². The van der Waals surface area contributed by atoms with E-state index >= 15 is 0 Å². The van der Waals surface area contributed by atoms with Crippen LogP contribution in [0, 0.1) is 0 Å². The van der Waals surface area contributed by atoms with E-state index in [1.165, 1.54) is 7.11 Å². The molecular formula is C20H36BNO7. The second-order valence-corrected chi connectivity index (χ2v) is 9.50. The average Bonchev–Trinajstić information content (AvgIpc) is 2.76. The van der Waals surface area contributed by atoms with Crippen LogP contribution < -0.4 is 5.32 Å². The van der Waals surface area contributed by atoms with E-state index in [4.69, 9.17) is 18.8 Å². The van der Waals surface area contributed by atoms with Gasteiger partial charge < -0.3 is 28.9 Å². The molecule has 0 aromatic carbocycles. The summed E-state index contributed by atoms with van der Waals surface area (Å²) >= 11 is 0. The number of hydrogen-bond acceptors (Lipinski definition) is 7. The van der Waals surface area contributed by atoms with Crippen LogP contribution >= 0.6 is 0 Å². The number of methoxy groups -OCH3 is 1. The quantitative estimate of drug-likeness (QED) is 0.268. The maximum absolute atomic E-state index is 12.4. The molecule has 0 bridgehead atoms. The highest BCUT2D eigenvalue weighted by atomic mass is 16.7. The van der Waals surface area contributed by atoms with Crippen molar-refractivity contribution in [3.05, 3.63) is 0 Å². The minimum absolute atomic E-state index is 0.199. The number of unbranched alkanes of at least 4 members (excludes halogenated alkanes) is 1. The molecule has 0 aliphatic carbocycles. The van der Waals surface area contributed by atoms with Gasteiger partial charge in [0.2, 0.25) is 0 Å². The molecular weight excluding hydrogens is 377 g/mol. The zero-order valence-electron chi connectivity index (χ0n) is 19.0. The fourth-order valence-corrected chi connectivity index (χ4v) is 3.11. The summed E-state index contributed by atoms with van der Waals surface area (Å²) in [6.45, 7) is 13.1. The van der Waals surface area contributed by atoms with Crippen molar-refractivity contribution < 1.29 is 33.2 Å². The van der Waals surface area contributed by atoms with E-state index in [2.05, 4.69) is 5.32 Å². The Kier molecular flexibility index (Phi) is 8.31. The van der Waals surface area contributed by atoms with Crippen molar-refractivity contribution in [3.8, 4) is 0 Å². The van der Waals surface area contributed by atoms with E-state index in [0.717, 1.165) is 0 Å². The van der Waals surface area contributed by atoms with Gasteiger partial charge in [0.15, 0.2) is 0 Å². The van der Waals surface area contributed by atoms with Gasteiger partial charge in [0.25, 0.3) is 0 Å². The molecule has 0 saturated carbocycles. The zero-order valence-corrected chi connectivity index (χ0v) is 19.0. The molecule has 1 heterocycles. The average molecular weight is 413 g/mol. The summed E-state index contributed by atoms with van der Waals surface area (Å²) in [5.41, 5.74) is -2.99. The van der Waals surface area contributed by atoms with E-state index in [1.807, 2.05) is 27.7 Å². The van der Waals surface area contributed by atoms with Crippen LogP contribution in [0.15, 0.2) is 0 Å². The maximum Gasteiger partial charge on any atom is 0.457 e. The van der Waals surface area contributed by atoms with Gasteiger partial charge in [-0.3, -0.25) is 0 Å². The number of aldehydes is 1. The molecule has 1 fully saturated rings. The molecule has 0 spiro atoms. The van der Waals surface area contributed by atoms with Crippen molar-refractivity contribution in [3.63, 3.8) is 0 Å². The summed E-state index contributed by atoms with van der Waals surface area (Å²) in [5, 5.41) is 2.56. The van der Waals surface area contributed by atoms with Gasteiger partial charge in [-0.15, -0.1) is 0 Å². The monoisotopic (exact) mass is 413 g/mol. The van der Waals surface area contributed by atoms with Crippen LogP contribution in [-0.4, -0.2) is 54.9 Å². The van der Waals surface area contributed by atoms with E-state index in [0.29, 0.717) is 25.4 Å². The third-order valence-electron chi connectivity index (χ3n) is 5.34. The van der Waals surface area contributed by atoms with Gasteiger partial charge >= 0.3 is 19.2 Å². The molecule has 1 rings (SSSR count). The molecule has 1 unspecified atom stereocenters. The standard InChI is InChI=1S/C20H36BNO7/c1-17(2,3)27-16(25)22-20(12-14-23,15(24)26-8)11-9-10-13-21-28-18(4,5)19(6,7)29-21/h14H,9-13H2,1-8H3,(H,22,25). The number of esters is 1. The van der Waals surface area contributed by atoms with Crippen molar-refractivity contribution in [1.29, 1.82) is 0 Å². The summed E-state index contributed by atoms with van der Waals surface area (Å²) in [7, 11) is 0.889. The fourth-order valence-electron chi connectivity index (χ4n) is 3.11. The van der Waals surface area contributed by atoms with E-state index in [1.54, 1.807) is 20.8 Å². The Morgan fingerprint density at radius 2 is 1.62 bits per heavy atom. The van der Waals surface area contributed by atoms with Crippen LogP contribution in [0.3, 0.4) is 0 Å². The largest absolute Gasteiger partial charge is 0.467 e. The molecule has 0 aromatic rings. The van der Waals surface area contributed by atoms with Crippen LogP contribution in [-0.2, 0) is 28.4 Å². The van der Waals surface area contributed by atoms with Crippen molar-refractivity contribution in [2.24, 2.45) is 0 Å². The Balaban J connectivity index is 2.74. The smallest absolute Gasteiger partial charge is 0.457 e. The molecule has 9 heteroatoms. The number of hydrogen-bond donors (Lipinski definition) is 1. The summed E-state index contributed by atoms with van der Waals surface area (Å²) < 4.78 is 22.1. The first-order valence-electron chi connectivity index (χ1n) is 10.1. The van der Waals surface area contributed by atoms with Crippen LogP contribution in [0.5, 0.6) is 0 Å². The number of carbonyl (C=O) groups is 3. The van der Waals surface area contributed by atoms with E-state index < -0.39 is 34.4 Å². The minimum Gasteiger partial charge on any atom is -0.467 e. The predicted molar refractivity (Wildman–Crippen MR) is 110 cm³/mol. The molecule has 8 nitrogen and oxygen atoms in total. The van der Waals surface area contributed by atoms with Crippen LogP contribution in [0.25, 0.3) is 0 Å². The lowest BCUT2D eigenvalue weighted by molar-refractivity contribution is -0.150. The number of nitrogens with one attached hydrogen (secondary N) is 1. The Hall–Kier alpha value is -1.61. The number of alkyl carbamates (subject to hydrolysis) is 1. The van der Waals surface area contributed by atoms with Gasteiger partial charge in [0.1, 0.15) is 17.4 Å². The third-order valence-corrected chi connectivity index (χ3v) is 5.34. The summed E-state index contributed by atoms with van der Waals surface area (Å²) in [5.74, 6) is -0.675. The lowest BCUT2D eigenvalue weighted by atomic mass is 9.80. The summed E-state index contributed by atoms with van der Waals surface area (Å²) in [4.78, 5) is 36.0.